The first-order valence-electron chi connectivity index (χ1n) is 7.90. The molecule has 4 nitrogen and oxygen atoms in total. The summed E-state index contributed by atoms with van der Waals surface area (Å²) in [6.45, 7) is 3.41. The third-order valence-electron chi connectivity index (χ3n) is 5.78. The second-order valence-corrected chi connectivity index (χ2v) is 6.74. The molecule has 0 radical (unpaired) electrons. The SMILES string of the molecule is Cc1ccc(C23OCCN2C(=O)[C@H]2[C@@H]3[C@@H]3CC[C@H]2O3)cc1. The third-order valence-corrected chi connectivity index (χ3v) is 5.78. The molecule has 1 aromatic carbocycles. The van der Waals surface area contributed by atoms with Crippen molar-refractivity contribution >= 4 is 5.91 Å². The van der Waals surface area contributed by atoms with Crippen molar-refractivity contribution in [3.8, 4) is 0 Å². The molecule has 0 N–H and O–H groups in total. The number of ether oxygens (including phenoxy) is 2. The molecular weight excluding hydrogens is 266 g/mol. The molecule has 5 rings (SSSR count). The molecule has 2 bridgehead atoms. The molecule has 0 aromatic heterocycles. The van der Waals surface area contributed by atoms with Crippen molar-refractivity contribution in [2.75, 3.05) is 13.2 Å². The van der Waals surface area contributed by atoms with Crippen molar-refractivity contribution in [2.45, 2.75) is 37.7 Å². The molecule has 21 heavy (non-hydrogen) atoms. The van der Waals surface area contributed by atoms with Crippen molar-refractivity contribution in [2.24, 2.45) is 11.8 Å². The molecule has 4 fully saturated rings. The average Bonchev–Trinajstić information content (AvgIpc) is 3.22. The predicted octanol–water partition coefficient (Wildman–Crippen LogP) is 1.81. The van der Waals surface area contributed by atoms with Crippen LogP contribution in [-0.2, 0) is 20.0 Å². The largest absolute Gasteiger partial charge is 0.374 e. The van der Waals surface area contributed by atoms with Gasteiger partial charge in [0.2, 0.25) is 5.91 Å². The van der Waals surface area contributed by atoms with Gasteiger partial charge < -0.3 is 14.4 Å². The summed E-state index contributed by atoms with van der Waals surface area (Å²) in [5.41, 5.74) is 1.77. The molecule has 5 atom stereocenters. The third kappa shape index (κ3) is 1.31. The Bertz CT molecular complexity index is 613. The summed E-state index contributed by atoms with van der Waals surface area (Å²) in [4.78, 5) is 14.9. The van der Waals surface area contributed by atoms with E-state index in [-0.39, 0.29) is 30.0 Å². The van der Waals surface area contributed by atoms with Gasteiger partial charge in [-0.2, -0.15) is 0 Å². The van der Waals surface area contributed by atoms with Gasteiger partial charge in [0.15, 0.2) is 5.72 Å². The lowest BCUT2D eigenvalue weighted by atomic mass is 9.74. The molecule has 0 saturated carbocycles. The normalized spacial score (nSPS) is 43.5. The summed E-state index contributed by atoms with van der Waals surface area (Å²) in [7, 11) is 0. The summed E-state index contributed by atoms with van der Waals surface area (Å²) in [6.07, 6.45) is 2.37. The Morgan fingerprint density at radius 3 is 2.76 bits per heavy atom. The van der Waals surface area contributed by atoms with Crippen LogP contribution in [0.2, 0.25) is 0 Å². The number of nitrogens with zero attached hydrogens (tertiary/aromatic N) is 1. The Balaban J connectivity index is 1.69. The minimum Gasteiger partial charge on any atom is -0.374 e. The topological polar surface area (TPSA) is 38.8 Å². The maximum absolute atomic E-state index is 12.9. The van der Waals surface area contributed by atoms with Crippen molar-refractivity contribution in [1.82, 2.24) is 4.90 Å². The van der Waals surface area contributed by atoms with E-state index < -0.39 is 5.72 Å². The lowest BCUT2D eigenvalue weighted by Gasteiger charge is -2.37. The average molecular weight is 285 g/mol. The Kier molecular flexibility index (Phi) is 2.25. The monoisotopic (exact) mass is 285 g/mol. The summed E-state index contributed by atoms with van der Waals surface area (Å²) in [5.74, 6) is 0.407. The van der Waals surface area contributed by atoms with E-state index in [1.807, 2.05) is 4.90 Å². The zero-order valence-corrected chi connectivity index (χ0v) is 12.1. The smallest absolute Gasteiger partial charge is 0.231 e. The second kappa shape index (κ2) is 3.87. The van der Waals surface area contributed by atoms with Gasteiger partial charge in [0.25, 0.3) is 0 Å². The molecule has 1 unspecified atom stereocenters. The molecule has 4 saturated heterocycles. The Morgan fingerprint density at radius 2 is 1.95 bits per heavy atom. The molecular formula is C17H19NO3. The highest BCUT2D eigenvalue weighted by atomic mass is 16.6. The number of benzene rings is 1. The molecule has 4 aliphatic heterocycles. The van der Waals surface area contributed by atoms with Gasteiger partial charge >= 0.3 is 0 Å². The standard InChI is InChI=1S/C17H19NO3/c1-10-2-4-11(5-3-10)17-15-13-7-6-12(21-13)14(15)16(19)18(17)8-9-20-17/h2-5,12-15H,6-9H2,1H3/t12-,13+,14-,15+,17?/m1/s1. The van der Waals surface area contributed by atoms with Crippen LogP contribution in [0.25, 0.3) is 0 Å². The molecule has 110 valence electrons. The van der Waals surface area contributed by atoms with Crippen LogP contribution in [0.3, 0.4) is 0 Å². The van der Waals surface area contributed by atoms with Gasteiger partial charge in [-0.05, 0) is 19.8 Å². The van der Waals surface area contributed by atoms with Crippen LogP contribution in [0, 0.1) is 18.8 Å². The van der Waals surface area contributed by atoms with Crippen molar-refractivity contribution in [1.29, 1.82) is 0 Å². The number of carbonyl (C=O) groups excluding carboxylic acids is 1. The Morgan fingerprint density at radius 1 is 1.19 bits per heavy atom. The van der Waals surface area contributed by atoms with E-state index in [1.54, 1.807) is 0 Å². The highest BCUT2D eigenvalue weighted by molar-refractivity contribution is 5.85. The van der Waals surface area contributed by atoms with Crippen LogP contribution in [-0.4, -0.2) is 36.2 Å². The van der Waals surface area contributed by atoms with E-state index in [0.717, 1.165) is 18.4 Å². The lowest BCUT2D eigenvalue weighted by Crippen LogP contribution is -2.46. The van der Waals surface area contributed by atoms with Gasteiger partial charge in [0.05, 0.1) is 30.7 Å². The number of hydrogen-bond acceptors (Lipinski definition) is 3. The number of hydrogen-bond donors (Lipinski definition) is 0. The van der Waals surface area contributed by atoms with Crippen molar-refractivity contribution in [3.63, 3.8) is 0 Å². The molecule has 0 aliphatic carbocycles. The maximum atomic E-state index is 12.9. The molecule has 1 aromatic rings. The van der Waals surface area contributed by atoms with E-state index in [0.29, 0.717) is 13.2 Å². The zero-order chi connectivity index (χ0) is 14.2. The summed E-state index contributed by atoms with van der Waals surface area (Å²) in [5, 5.41) is 0. The first kappa shape index (κ1) is 12.2. The number of rotatable bonds is 1. The van der Waals surface area contributed by atoms with Crippen LogP contribution < -0.4 is 0 Å². The Hall–Kier alpha value is -1.39. The van der Waals surface area contributed by atoms with Gasteiger partial charge in [-0.1, -0.05) is 29.8 Å². The van der Waals surface area contributed by atoms with Crippen molar-refractivity contribution in [3.05, 3.63) is 35.4 Å². The van der Waals surface area contributed by atoms with E-state index in [2.05, 4.69) is 31.2 Å². The molecule has 0 spiro atoms. The molecule has 4 heterocycles. The number of amides is 1. The minimum atomic E-state index is -0.574. The van der Waals surface area contributed by atoms with Gasteiger partial charge in [-0.15, -0.1) is 0 Å². The van der Waals surface area contributed by atoms with Gasteiger partial charge in [-0.25, -0.2) is 0 Å². The number of carbonyl (C=O) groups is 1. The summed E-state index contributed by atoms with van der Waals surface area (Å²) < 4.78 is 12.3. The van der Waals surface area contributed by atoms with Gasteiger partial charge in [0, 0.05) is 12.1 Å². The summed E-state index contributed by atoms with van der Waals surface area (Å²) in [6, 6.07) is 8.45. The highest BCUT2D eigenvalue weighted by Gasteiger charge is 2.71. The quantitative estimate of drug-likeness (QED) is 0.790. The predicted molar refractivity (Wildman–Crippen MR) is 75.4 cm³/mol. The van der Waals surface area contributed by atoms with E-state index in [1.165, 1.54) is 5.56 Å². The zero-order valence-electron chi connectivity index (χ0n) is 12.1. The van der Waals surface area contributed by atoms with Crippen molar-refractivity contribution < 1.29 is 14.3 Å². The van der Waals surface area contributed by atoms with Crippen LogP contribution in [0.5, 0.6) is 0 Å². The fourth-order valence-corrected chi connectivity index (χ4v) is 4.98. The van der Waals surface area contributed by atoms with Crippen LogP contribution in [0.1, 0.15) is 24.0 Å². The Labute approximate surface area is 124 Å². The minimum absolute atomic E-state index is 0.00496. The van der Waals surface area contributed by atoms with Gasteiger partial charge in [-0.3, -0.25) is 4.79 Å². The molecule has 4 aliphatic rings. The van der Waals surface area contributed by atoms with E-state index in [9.17, 15) is 4.79 Å². The molecule has 4 heteroatoms. The molecule has 1 amide bonds. The van der Waals surface area contributed by atoms with Crippen LogP contribution in [0.4, 0.5) is 0 Å². The second-order valence-electron chi connectivity index (χ2n) is 6.74. The summed E-state index contributed by atoms with van der Waals surface area (Å²) >= 11 is 0. The highest BCUT2D eigenvalue weighted by Crippen LogP contribution is 2.60. The fourth-order valence-electron chi connectivity index (χ4n) is 4.98. The van der Waals surface area contributed by atoms with E-state index >= 15 is 0 Å². The lowest BCUT2D eigenvalue weighted by molar-refractivity contribution is -0.149. The number of aryl methyl sites for hydroxylation is 1. The van der Waals surface area contributed by atoms with Gasteiger partial charge in [0.1, 0.15) is 0 Å². The van der Waals surface area contributed by atoms with E-state index in [4.69, 9.17) is 9.47 Å². The number of fused-ring (bicyclic) bond motifs is 7. The first-order valence-corrected chi connectivity index (χ1v) is 7.90. The first-order chi connectivity index (χ1) is 10.2. The fraction of sp³-hybridized carbons (Fsp3) is 0.588. The maximum Gasteiger partial charge on any atom is 0.231 e. The van der Waals surface area contributed by atoms with Crippen LogP contribution in [0.15, 0.2) is 24.3 Å². The van der Waals surface area contributed by atoms with Crippen LogP contribution >= 0.6 is 0 Å².